The van der Waals surface area contributed by atoms with Crippen LogP contribution in [0.5, 0.6) is 0 Å². The topological polar surface area (TPSA) is 49.4 Å². The Hall–Kier alpha value is -2.62. The van der Waals surface area contributed by atoms with Crippen LogP contribution < -0.4 is 10.2 Å². The second-order valence-electron chi connectivity index (χ2n) is 6.56. The van der Waals surface area contributed by atoms with E-state index in [1.165, 1.54) is 4.90 Å². The lowest BCUT2D eigenvalue weighted by molar-refractivity contribution is -0.121. The summed E-state index contributed by atoms with van der Waals surface area (Å²) in [7, 11) is 0. The molecule has 2 aromatic carbocycles. The number of nitrogens with one attached hydrogen (secondary N) is 1. The lowest BCUT2D eigenvalue weighted by atomic mass is 10.1. The van der Waals surface area contributed by atoms with Gasteiger partial charge < -0.3 is 5.32 Å². The second kappa shape index (κ2) is 6.11. The normalized spacial score (nSPS) is 17.5. The molecular weight excluding hydrogens is 300 g/mol. The number of amides is 2. The molecule has 0 aromatic heterocycles. The predicted molar refractivity (Wildman–Crippen MR) is 96.4 cm³/mol. The largest absolute Gasteiger partial charge is 0.373 e. The zero-order valence-corrected chi connectivity index (χ0v) is 14.5. The molecule has 0 bridgehead atoms. The zero-order chi connectivity index (χ0) is 17.4. The fourth-order valence-electron chi connectivity index (χ4n) is 2.96. The number of carbonyl (C=O) groups is 2. The highest BCUT2D eigenvalue weighted by Gasteiger charge is 2.39. The summed E-state index contributed by atoms with van der Waals surface area (Å²) in [5.74, 6) is -0.352. The van der Waals surface area contributed by atoms with Gasteiger partial charge >= 0.3 is 0 Å². The van der Waals surface area contributed by atoms with E-state index < -0.39 is 6.04 Å². The molecule has 0 radical (unpaired) electrons. The van der Waals surface area contributed by atoms with E-state index in [1.807, 2.05) is 64.1 Å². The maximum atomic E-state index is 12.8. The van der Waals surface area contributed by atoms with E-state index in [0.717, 1.165) is 27.9 Å². The van der Waals surface area contributed by atoms with Gasteiger partial charge in [-0.05, 0) is 68.1 Å². The number of imide groups is 1. The molecule has 1 aliphatic heterocycles. The minimum Gasteiger partial charge on any atom is -0.373 e. The van der Waals surface area contributed by atoms with Crippen LogP contribution >= 0.6 is 0 Å². The van der Waals surface area contributed by atoms with E-state index >= 15 is 0 Å². The van der Waals surface area contributed by atoms with Crippen molar-refractivity contribution in [2.45, 2.75) is 40.2 Å². The minimum atomic E-state index is -0.514. The number of carbonyl (C=O) groups excluding carboxylic acids is 2. The molecule has 24 heavy (non-hydrogen) atoms. The Morgan fingerprint density at radius 1 is 0.917 bits per heavy atom. The van der Waals surface area contributed by atoms with E-state index in [4.69, 9.17) is 0 Å². The van der Waals surface area contributed by atoms with Crippen LogP contribution in [0.3, 0.4) is 0 Å². The quantitative estimate of drug-likeness (QED) is 0.877. The summed E-state index contributed by atoms with van der Waals surface area (Å²) in [4.78, 5) is 26.5. The molecule has 124 valence electrons. The highest BCUT2D eigenvalue weighted by molar-refractivity contribution is 6.23. The van der Waals surface area contributed by atoms with Gasteiger partial charge in [0.15, 0.2) is 0 Å². The summed E-state index contributed by atoms with van der Waals surface area (Å²) >= 11 is 0. The van der Waals surface area contributed by atoms with Crippen LogP contribution in [0.2, 0.25) is 0 Å². The summed E-state index contributed by atoms with van der Waals surface area (Å²) < 4.78 is 0. The Balaban J connectivity index is 1.86. The number of hydrogen-bond acceptors (Lipinski definition) is 3. The summed E-state index contributed by atoms with van der Waals surface area (Å²) in [6.45, 7) is 7.99. The van der Waals surface area contributed by atoms with Gasteiger partial charge in [-0.1, -0.05) is 18.2 Å². The molecule has 0 unspecified atom stereocenters. The van der Waals surface area contributed by atoms with Gasteiger partial charge in [-0.3, -0.25) is 9.59 Å². The van der Waals surface area contributed by atoms with Crippen LogP contribution in [0.4, 0.5) is 11.4 Å². The third kappa shape index (κ3) is 2.92. The molecule has 0 aliphatic carbocycles. The molecule has 1 fully saturated rings. The molecular formula is C20H22N2O2. The van der Waals surface area contributed by atoms with Crippen LogP contribution in [0.1, 0.15) is 28.7 Å². The molecule has 3 rings (SSSR count). The number of benzene rings is 2. The van der Waals surface area contributed by atoms with E-state index in [1.54, 1.807) is 0 Å². The van der Waals surface area contributed by atoms with Crippen molar-refractivity contribution in [1.82, 2.24) is 0 Å². The van der Waals surface area contributed by atoms with Crippen LogP contribution in [-0.4, -0.2) is 17.9 Å². The zero-order valence-electron chi connectivity index (χ0n) is 14.5. The Morgan fingerprint density at radius 3 is 2.33 bits per heavy atom. The predicted octanol–water partition coefficient (Wildman–Crippen LogP) is 3.66. The van der Waals surface area contributed by atoms with Crippen molar-refractivity contribution in [2.24, 2.45) is 0 Å². The van der Waals surface area contributed by atoms with Crippen molar-refractivity contribution in [3.05, 3.63) is 58.7 Å². The van der Waals surface area contributed by atoms with Crippen LogP contribution in [0.15, 0.2) is 36.4 Å². The van der Waals surface area contributed by atoms with Gasteiger partial charge in [0.1, 0.15) is 6.04 Å². The van der Waals surface area contributed by atoms with Crippen molar-refractivity contribution in [1.29, 1.82) is 0 Å². The third-order valence-electron chi connectivity index (χ3n) is 4.62. The Labute approximate surface area is 142 Å². The molecule has 4 heteroatoms. The maximum absolute atomic E-state index is 12.8. The molecule has 1 heterocycles. The minimum absolute atomic E-state index is 0.161. The Bertz CT molecular complexity index is 826. The van der Waals surface area contributed by atoms with Crippen molar-refractivity contribution >= 4 is 23.2 Å². The first-order valence-electron chi connectivity index (χ1n) is 8.14. The van der Waals surface area contributed by atoms with Crippen molar-refractivity contribution < 1.29 is 9.59 Å². The van der Waals surface area contributed by atoms with E-state index in [-0.39, 0.29) is 18.2 Å². The summed E-state index contributed by atoms with van der Waals surface area (Å²) in [5, 5.41) is 3.24. The lowest BCUT2D eigenvalue weighted by Crippen LogP contribution is -2.35. The summed E-state index contributed by atoms with van der Waals surface area (Å²) in [5.41, 5.74) is 5.94. The molecule has 1 aliphatic rings. The van der Waals surface area contributed by atoms with Crippen molar-refractivity contribution in [3.8, 4) is 0 Å². The second-order valence-corrected chi connectivity index (χ2v) is 6.56. The first-order chi connectivity index (χ1) is 11.4. The molecule has 1 saturated heterocycles. The molecule has 0 saturated carbocycles. The first kappa shape index (κ1) is 16.2. The summed E-state index contributed by atoms with van der Waals surface area (Å²) in [6, 6.07) is 11.2. The van der Waals surface area contributed by atoms with Crippen LogP contribution in [0, 0.1) is 27.7 Å². The van der Waals surface area contributed by atoms with Gasteiger partial charge in [0.2, 0.25) is 5.91 Å². The molecule has 1 atom stereocenters. The molecule has 2 amide bonds. The molecule has 1 N–H and O–H groups in total. The fourth-order valence-corrected chi connectivity index (χ4v) is 2.96. The molecule has 2 aromatic rings. The highest BCUT2D eigenvalue weighted by Crippen LogP contribution is 2.27. The highest BCUT2D eigenvalue weighted by atomic mass is 16.2. The van der Waals surface area contributed by atoms with Gasteiger partial charge in [-0.25, -0.2) is 4.90 Å². The number of anilines is 2. The lowest BCUT2D eigenvalue weighted by Gasteiger charge is -2.18. The van der Waals surface area contributed by atoms with Crippen LogP contribution in [-0.2, 0) is 9.59 Å². The van der Waals surface area contributed by atoms with Crippen molar-refractivity contribution in [3.63, 3.8) is 0 Å². The number of nitrogens with zero attached hydrogens (tertiary/aromatic N) is 1. The first-order valence-corrected chi connectivity index (χ1v) is 8.14. The van der Waals surface area contributed by atoms with Gasteiger partial charge in [0, 0.05) is 5.69 Å². The monoisotopic (exact) mass is 322 g/mol. The SMILES string of the molecule is Cc1ccc(C)c(N[C@@H]2CC(=O)N(c3ccc(C)c(C)c3)C2=O)c1. The van der Waals surface area contributed by atoms with Crippen molar-refractivity contribution in [2.75, 3.05) is 10.2 Å². The Morgan fingerprint density at radius 2 is 1.62 bits per heavy atom. The van der Waals surface area contributed by atoms with Gasteiger partial charge in [-0.2, -0.15) is 0 Å². The van der Waals surface area contributed by atoms with E-state index in [9.17, 15) is 9.59 Å². The standard InChI is InChI=1S/C20H22N2O2/c1-12-5-6-14(3)17(9-12)21-18-11-19(23)22(20(18)24)16-8-7-13(2)15(4)10-16/h5-10,18,21H,11H2,1-4H3/t18-/m1/s1. The number of aryl methyl sites for hydroxylation is 4. The maximum Gasteiger partial charge on any atom is 0.256 e. The number of hydrogen-bond donors (Lipinski definition) is 1. The van der Waals surface area contributed by atoms with Crippen LogP contribution in [0.25, 0.3) is 0 Å². The third-order valence-corrected chi connectivity index (χ3v) is 4.62. The van der Waals surface area contributed by atoms with Gasteiger partial charge in [0.05, 0.1) is 12.1 Å². The van der Waals surface area contributed by atoms with Gasteiger partial charge in [-0.15, -0.1) is 0 Å². The average molecular weight is 322 g/mol. The molecule has 4 nitrogen and oxygen atoms in total. The average Bonchev–Trinajstić information content (AvgIpc) is 2.80. The van der Waals surface area contributed by atoms with E-state index in [0.29, 0.717) is 5.69 Å². The molecule has 0 spiro atoms. The summed E-state index contributed by atoms with van der Waals surface area (Å²) in [6.07, 6.45) is 0.180. The Kier molecular flexibility index (Phi) is 4.14. The van der Waals surface area contributed by atoms with E-state index in [2.05, 4.69) is 5.32 Å². The smallest absolute Gasteiger partial charge is 0.256 e. The van der Waals surface area contributed by atoms with Gasteiger partial charge in [0.25, 0.3) is 5.91 Å². The number of rotatable bonds is 3. The fraction of sp³-hybridized carbons (Fsp3) is 0.300.